The number of rotatable bonds is 4. The number of aromatic nitrogens is 2. The molecule has 0 radical (unpaired) electrons. The van der Waals surface area contributed by atoms with Crippen LogP contribution in [0.2, 0.25) is 0 Å². The van der Waals surface area contributed by atoms with Gasteiger partial charge in [0, 0.05) is 18.1 Å². The van der Waals surface area contributed by atoms with Gasteiger partial charge in [0.05, 0.1) is 12.7 Å². The molecule has 6 nitrogen and oxygen atoms in total. The van der Waals surface area contributed by atoms with Crippen molar-refractivity contribution in [2.24, 2.45) is 0 Å². The lowest BCUT2D eigenvalue weighted by molar-refractivity contribution is 0.101. The summed E-state index contributed by atoms with van der Waals surface area (Å²) in [6.45, 7) is 0. The molecule has 4 aromatic rings. The third kappa shape index (κ3) is 3.21. The number of halogens is 4. The highest BCUT2D eigenvalue weighted by Crippen LogP contribution is 2.31. The van der Waals surface area contributed by atoms with Gasteiger partial charge in [0.2, 0.25) is 17.5 Å². The number of benzene rings is 2. The van der Waals surface area contributed by atoms with E-state index in [-0.39, 0.29) is 11.6 Å². The predicted octanol–water partition coefficient (Wildman–Crippen LogP) is 4.71. The van der Waals surface area contributed by atoms with E-state index in [2.05, 4.69) is 20.0 Å². The number of hydrogen-bond donors (Lipinski definition) is 1. The Kier molecular flexibility index (Phi) is 4.82. The molecule has 0 unspecified atom stereocenters. The molecule has 0 fully saturated rings. The topological polar surface area (TPSA) is 77.2 Å². The minimum atomic E-state index is -1.87. The molecular weight excluding hydrogens is 406 g/mol. The maximum atomic E-state index is 14.1. The number of nitrogens with one attached hydrogen (secondary N) is 1. The summed E-state index contributed by atoms with van der Waals surface area (Å²) >= 11 is 0. The Morgan fingerprint density at radius 1 is 1.07 bits per heavy atom. The van der Waals surface area contributed by atoms with E-state index in [1.54, 1.807) is 24.5 Å². The Labute approximate surface area is 166 Å². The van der Waals surface area contributed by atoms with E-state index < -0.39 is 40.5 Å². The second-order valence-electron chi connectivity index (χ2n) is 6.06. The van der Waals surface area contributed by atoms with Crippen LogP contribution in [0.4, 0.5) is 23.2 Å². The molecule has 2 heterocycles. The van der Waals surface area contributed by atoms with Gasteiger partial charge < -0.3 is 14.5 Å². The van der Waals surface area contributed by atoms with Gasteiger partial charge in [-0.3, -0.25) is 9.78 Å². The van der Waals surface area contributed by atoms with Crippen LogP contribution in [0.15, 0.2) is 47.1 Å². The van der Waals surface area contributed by atoms with Crippen LogP contribution in [0.3, 0.4) is 0 Å². The van der Waals surface area contributed by atoms with Crippen molar-refractivity contribution >= 4 is 22.7 Å². The Morgan fingerprint density at radius 2 is 1.80 bits per heavy atom. The number of ether oxygens (including phenoxy) is 1. The summed E-state index contributed by atoms with van der Waals surface area (Å²) in [6.07, 6.45) is 3.13. The van der Waals surface area contributed by atoms with Crippen LogP contribution in [-0.4, -0.2) is 23.0 Å². The van der Waals surface area contributed by atoms with Gasteiger partial charge in [-0.1, -0.05) is 0 Å². The molecule has 0 saturated heterocycles. The van der Waals surface area contributed by atoms with Gasteiger partial charge in [0.15, 0.2) is 23.0 Å². The second-order valence-corrected chi connectivity index (χ2v) is 6.06. The SMILES string of the molecule is COc1c(F)c(F)c(C(=O)Nc2ccc3oc(-c4cccnc4)nc3c2)c(F)c1F. The van der Waals surface area contributed by atoms with Crippen molar-refractivity contribution in [2.75, 3.05) is 12.4 Å². The van der Waals surface area contributed by atoms with Gasteiger partial charge in [-0.15, -0.1) is 0 Å². The van der Waals surface area contributed by atoms with Gasteiger partial charge in [-0.25, -0.2) is 13.8 Å². The van der Waals surface area contributed by atoms with E-state index in [1.165, 1.54) is 18.2 Å². The van der Waals surface area contributed by atoms with E-state index in [4.69, 9.17) is 4.42 Å². The number of hydrogen-bond acceptors (Lipinski definition) is 5. The summed E-state index contributed by atoms with van der Waals surface area (Å²) in [7, 11) is 0.840. The lowest BCUT2D eigenvalue weighted by Crippen LogP contribution is -2.18. The van der Waals surface area contributed by atoms with E-state index in [9.17, 15) is 22.4 Å². The van der Waals surface area contributed by atoms with Crippen molar-refractivity contribution in [1.82, 2.24) is 9.97 Å². The maximum absolute atomic E-state index is 14.1. The molecule has 2 aromatic heterocycles. The van der Waals surface area contributed by atoms with Crippen molar-refractivity contribution in [3.63, 3.8) is 0 Å². The molecule has 2 aromatic carbocycles. The Hall–Kier alpha value is -3.95. The van der Waals surface area contributed by atoms with Gasteiger partial charge in [-0.2, -0.15) is 8.78 Å². The number of fused-ring (bicyclic) bond motifs is 1. The quantitative estimate of drug-likeness (QED) is 0.385. The Balaban J connectivity index is 1.67. The Bertz CT molecular complexity index is 1250. The van der Waals surface area contributed by atoms with Crippen molar-refractivity contribution in [1.29, 1.82) is 0 Å². The molecule has 4 rings (SSSR count). The number of nitrogens with zero attached hydrogens (tertiary/aromatic N) is 2. The number of anilines is 1. The maximum Gasteiger partial charge on any atom is 0.261 e. The standard InChI is InChI=1S/C20H11F4N3O3/c1-29-18-16(23)14(21)13(15(22)17(18)24)19(28)26-10-4-5-12-11(7-10)27-20(30-12)9-3-2-6-25-8-9/h2-8H,1H3,(H,26,28). The molecule has 0 aliphatic carbocycles. The molecule has 0 saturated carbocycles. The van der Waals surface area contributed by atoms with Crippen molar-refractivity contribution in [3.05, 3.63) is 71.6 Å². The monoisotopic (exact) mass is 417 g/mol. The molecule has 30 heavy (non-hydrogen) atoms. The lowest BCUT2D eigenvalue weighted by atomic mass is 10.1. The minimum absolute atomic E-state index is 0.0778. The summed E-state index contributed by atoms with van der Waals surface area (Å²) in [6, 6.07) is 7.66. The fraction of sp³-hybridized carbons (Fsp3) is 0.0500. The molecule has 10 heteroatoms. The molecule has 1 N–H and O–H groups in total. The lowest BCUT2D eigenvalue weighted by Gasteiger charge is -2.11. The van der Waals surface area contributed by atoms with Crippen molar-refractivity contribution < 1.29 is 31.5 Å². The summed E-state index contributed by atoms with van der Waals surface area (Å²) in [5, 5.41) is 2.19. The first-order valence-corrected chi connectivity index (χ1v) is 8.43. The average Bonchev–Trinajstić information content (AvgIpc) is 3.17. The summed E-state index contributed by atoms with van der Waals surface area (Å²) in [5.41, 5.74) is -0.00545. The molecule has 0 aliphatic heterocycles. The predicted molar refractivity (Wildman–Crippen MR) is 98.0 cm³/mol. The number of pyridine rings is 1. The van der Waals surface area contributed by atoms with Crippen LogP contribution in [0, 0.1) is 23.3 Å². The number of carbonyl (C=O) groups is 1. The summed E-state index contributed by atoms with van der Waals surface area (Å²) < 4.78 is 65.9. The molecule has 0 atom stereocenters. The minimum Gasteiger partial charge on any atom is -0.491 e. The zero-order valence-corrected chi connectivity index (χ0v) is 15.2. The Morgan fingerprint density at radius 3 is 2.43 bits per heavy atom. The molecule has 0 spiro atoms. The van der Waals surface area contributed by atoms with E-state index >= 15 is 0 Å². The zero-order valence-electron chi connectivity index (χ0n) is 15.2. The highest BCUT2D eigenvalue weighted by molar-refractivity contribution is 6.05. The molecule has 0 bridgehead atoms. The van der Waals surface area contributed by atoms with Crippen LogP contribution < -0.4 is 10.1 Å². The number of carbonyl (C=O) groups excluding carboxylic acids is 1. The average molecular weight is 417 g/mol. The second kappa shape index (κ2) is 7.47. The van der Waals surface area contributed by atoms with Crippen LogP contribution >= 0.6 is 0 Å². The van der Waals surface area contributed by atoms with Crippen LogP contribution in [0.1, 0.15) is 10.4 Å². The highest BCUT2D eigenvalue weighted by Gasteiger charge is 2.30. The van der Waals surface area contributed by atoms with Crippen molar-refractivity contribution in [3.8, 4) is 17.2 Å². The number of methoxy groups -OCH3 is 1. The fourth-order valence-corrected chi connectivity index (χ4v) is 2.80. The third-order valence-electron chi connectivity index (χ3n) is 4.21. The van der Waals surface area contributed by atoms with E-state index in [0.29, 0.717) is 16.7 Å². The van der Waals surface area contributed by atoms with Crippen LogP contribution in [0.25, 0.3) is 22.6 Å². The van der Waals surface area contributed by atoms with E-state index in [1.807, 2.05) is 0 Å². The summed E-state index contributed by atoms with van der Waals surface area (Å²) in [4.78, 5) is 20.5. The van der Waals surface area contributed by atoms with Gasteiger partial charge in [0.25, 0.3) is 5.91 Å². The molecule has 0 aliphatic rings. The number of oxazole rings is 1. The molecule has 1 amide bonds. The van der Waals surface area contributed by atoms with Crippen LogP contribution in [-0.2, 0) is 0 Å². The summed E-state index contributed by atoms with van der Waals surface area (Å²) in [5.74, 6) is -9.73. The van der Waals surface area contributed by atoms with Crippen LogP contribution in [0.5, 0.6) is 5.75 Å². The first kappa shape index (κ1) is 19.4. The van der Waals surface area contributed by atoms with Crippen molar-refractivity contribution in [2.45, 2.75) is 0 Å². The normalized spacial score (nSPS) is 11.0. The van der Waals surface area contributed by atoms with Gasteiger partial charge in [0.1, 0.15) is 11.1 Å². The van der Waals surface area contributed by atoms with Gasteiger partial charge >= 0.3 is 0 Å². The highest BCUT2D eigenvalue weighted by atomic mass is 19.2. The van der Waals surface area contributed by atoms with E-state index in [0.717, 1.165) is 7.11 Å². The zero-order chi connectivity index (χ0) is 21.4. The molecular formula is C20H11F4N3O3. The first-order chi connectivity index (χ1) is 14.4. The smallest absolute Gasteiger partial charge is 0.261 e. The largest absolute Gasteiger partial charge is 0.491 e. The van der Waals surface area contributed by atoms with Gasteiger partial charge in [-0.05, 0) is 30.3 Å². The molecule has 152 valence electrons. The number of amides is 1. The first-order valence-electron chi connectivity index (χ1n) is 8.43. The fourth-order valence-electron chi connectivity index (χ4n) is 2.80. The third-order valence-corrected chi connectivity index (χ3v) is 4.21.